The Morgan fingerprint density at radius 2 is 2.25 bits per heavy atom. The zero-order valence-electron chi connectivity index (χ0n) is 12.7. The largest absolute Gasteiger partial charge is 0.489 e. The van der Waals surface area contributed by atoms with Crippen molar-refractivity contribution in [2.75, 3.05) is 6.54 Å². The number of hydrogen-bond acceptors (Lipinski definition) is 4. The van der Waals surface area contributed by atoms with Crippen molar-refractivity contribution >= 4 is 0 Å². The van der Waals surface area contributed by atoms with Gasteiger partial charge in [0.2, 0.25) is 0 Å². The van der Waals surface area contributed by atoms with Gasteiger partial charge in [0.05, 0.1) is 17.9 Å². The molecule has 1 aliphatic heterocycles. The molecule has 0 saturated carbocycles. The van der Waals surface area contributed by atoms with E-state index in [1.54, 1.807) is 12.4 Å². The van der Waals surface area contributed by atoms with E-state index in [-0.39, 0.29) is 6.10 Å². The van der Waals surface area contributed by atoms with Crippen LogP contribution >= 0.6 is 0 Å². The number of hydrogen-bond donors (Lipinski definition) is 2. The molecule has 0 aromatic carbocycles. The van der Waals surface area contributed by atoms with E-state index in [1.807, 2.05) is 26.8 Å². The predicted octanol–water partition coefficient (Wildman–Crippen LogP) is 2.61. The van der Waals surface area contributed by atoms with Crippen molar-refractivity contribution in [2.24, 2.45) is 0 Å². The second-order valence-corrected chi connectivity index (χ2v) is 6.20. The van der Waals surface area contributed by atoms with Gasteiger partial charge >= 0.3 is 0 Å². The summed E-state index contributed by atoms with van der Waals surface area (Å²) in [7, 11) is 0. The fourth-order valence-electron chi connectivity index (χ4n) is 2.75. The highest BCUT2D eigenvalue weighted by molar-refractivity contribution is 5.28. The minimum absolute atomic E-state index is 0.108. The molecule has 2 N–H and O–H groups in total. The number of ether oxygens (including phenoxy) is 1. The number of nitrogens with one attached hydrogen (secondary N) is 1. The van der Waals surface area contributed by atoms with Gasteiger partial charge in [0, 0.05) is 17.8 Å². The van der Waals surface area contributed by atoms with Gasteiger partial charge in [-0.1, -0.05) is 6.42 Å². The molecule has 1 fully saturated rings. The van der Waals surface area contributed by atoms with Gasteiger partial charge in [-0.25, -0.2) is 0 Å². The van der Waals surface area contributed by atoms with Gasteiger partial charge in [-0.05, 0) is 52.6 Å². The number of pyridine rings is 1. The quantitative estimate of drug-likeness (QED) is 0.869. The highest BCUT2D eigenvalue weighted by atomic mass is 16.5. The lowest BCUT2D eigenvalue weighted by Gasteiger charge is -2.32. The van der Waals surface area contributed by atoms with E-state index in [0.717, 1.165) is 24.3 Å². The van der Waals surface area contributed by atoms with Crippen LogP contribution in [0.5, 0.6) is 5.75 Å². The first kappa shape index (κ1) is 15.3. The molecule has 20 heavy (non-hydrogen) atoms. The van der Waals surface area contributed by atoms with Crippen LogP contribution < -0.4 is 10.1 Å². The third-order valence-corrected chi connectivity index (χ3v) is 3.76. The lowest BCUT2D eigenvalue weighted by atomic mass is 9.87. The zero-order valence-corrected chi connectivity index (χ0v) is 12.7. The molecule has 0 amide bonds. The number of aromatic nitrogens is 1. The normalized spacial score (nSPS) is 22.6. The van der Waals surface area contributed by atoms with Crippen LogP contribution in [-0.2, 0) is 5.60 Å². The first-order valence-corrected chi connectivity index (χ1v) is 7.55. The van der Waals surface area contributed by atoms with Crippen LogP contribution in [0.3, 0.4) is 0 Å². The van der Waals surface area contributed by atoms with Gasteiger partial charge in [0.15, 0.2) is 0 Å². The summed E-state index contributed by atoms with van der Waals surface area (Å²) in [5.74, 6) is 0.717. The van der Waals surface area contributed by atoms with Crippen molar-refractivity contribution < 1.29 is 9.84 Å². The van der Waals surface area contributed by atoms with E-state index < -0.39 is 5.60 Å². The molecule has 4 heteroatoms. The highest BCUT2D eigenvalue weighted by Gasteiger charge is 2.29. The summed E-state index contributed by atoms with van der Waals surface area (Å²) in [6, 6.07) is 2.28. The Morgan fingerprint density at radius 1 is 1.45 bits per heavy atom. The Hall–Kier alpha value is -1.13. The van der Waals surface area contributed by atoms with Gasteiger partial charge in [-0.15, -0.1) is 0 Å². The maximum Gasteiger partial charge on any atom is 0.138 e. The molecule has 0 aliphatic carbocycles. The standard InChI is InChI=1S/C16H26N2O2/c1-12(2)20-15-8-13(10-17-11-15)16(3,19)9-14-6-4-5-7-18-14/h8,10-12,14,18-19H,4-7,9H2,1-3H3. The van der Waals surface area contributed by atoms with Crippen molar-refractivity contribution in [3.63, 3.8) is 0 Å². The average molecular weight is 278 g/mol. The first-order valence-electron chi connectivity index (χ1n) is 7.55. The molecule has 112 valence electrons. The average Bonchev–Trinajstić information content (AvgIpc) is 2.39. The molecule has 1 aliphatic rings. The minimum atomic E-state index is -0.877. The van der Waals surface area contributed by atoms with E-state index in [2.05, 4.69) is 10.3 Å². The Morgan fingerprint density at radius 3 is 2.90 bits per heavy atom. The smallest absolute Gasteiger partial charge is 0.138 e. The summed E-state index contributed by atoms with van der Waals surface area (Å²) in [4.78, 5) is 4.19. The van der Waals surface area contributed by atoms with Gasteiger partial charge in [-0.2, -0.15) is 0 Å². The Balaban J connectivity index is 2.07. The molecule has 2 atom stereocenters. The van der Waals surface area contributed by atoms with Crippen molar-refractivity contribution in [1.29, 1.82) is 0 Å². The number of piperidine rings is 1. The lowest BCUT2D eigenvalue weighted by Crippen LogP contribution is -2.39. The minimum Gasteiger partial charge on any atom is -0.489 e. The monoisotopic (exact) mass is 278 g/mol. The Kier molecular flexibility index (Phi) is 5.00. The van der Waals surface area contributed by atoms with Gasteiger partial charge in [-0.3, -0.25) is 4.98 Å². The summed E-state index contributed by atoms with van der Waals surface area (Å²) in [5.41, 5.74) is -0.0544. The second-order valence-electron chi connectivity index (χ2n) is 6.20. The van der Waals surface area contributed by atoms with Gasteiger partial charge in [0.25, 0.3) is 0 Å². The van der Waals surface area contributed by atoms with E-state index in [4.69, 9.17) is 4.74 Å². The van der Waals surface area contributed by atoms with E-state index in [0.29, 0.717) is 12.5 Å². The first-order chi connectivity index (χ1) is 9.47. The number of nitrogens with zero attached hydrogens (tertiary/aromatic N) is 1. The SMILES string of the molecule is CC(C)Oc1cncc(C(C)(O)CC2CCCCN2)c1. The highest BCUT2D eigenvalue weighted by Crippen LogP contribution is 2.30. The molecule has 2 heterocycles. The van der Waals surface area contributed by atoms with Crippen LogP contribution in [0, 0.1) is 0 Å². The summed E-state index contributed by atoms with van der Waals surface area (Å²) >= 11 is 0. The molecule has 0 spiro atoms. The van der Waals surface area contributed by atoms with Crippen LogP contribution in [0.4, 0.5) is 0 Å². The molecule has 2 rings (SSSR count). The topological polar surface area (TPSA) is 54.4 Å². The van der Waals surface area contributed by atoms with Crippen LogP contribution in [0.25, 0.3) is 0 Å². The van der Waals surface area contributed by atoms with E-state index in [1.165, 1.54) is 12.8 Å². The van der Waals surface area contributed by atoms with Crippen molar-refractivity contribution in [3.8, 4) is 5.75 Å². The van der Waals surface area contributed by atoms with Crippen molar-refractivity contribution in [1.82, 2.24) is 10.3 Å². The van der Waals surface area contributed by atoms with E-state index >= 15 is 0 Å². The maximum atomic E-state index is 10.8. The summed E-state index contributed by atoms with van der Waals surface area (Å²) in [5, 5.41) is 14.2. The molecule has 1 aromatic heterocycles. The maximum absolute atomic E-state index is 10.8. The summed E-state index contributed by atoms with van der Waals surface area (Å²) < 4.78 is 5.65. The van der Waals surface area contributed by atoms with E-state index in [9.17, 15) is 5.11 Å². The van der Waals surface area contributed by atoms with Gasteiger partial charge in [0.1, 0.15) is 5.75 Å². The number of aliphatic hydroxyl groups is 1. The van der Waals surface area contributed by atoms with Gasteiger partial charge < -0.3 is 15.2 Å². The Labute approximate surface area is 121 Å². The second kappa shape index (κ2) is 6.55. The molecular weight excluding hydrogens is 252 g/mol. The molecule has 4 nitrogen and oxygen atoms in total. The third-order valence-electron chi connectivity index (χ3n) is 3.76. The lowest BCUT2D eigenvalue weighted by molar-refractivity contribution is 0.0325. The Bertz CT molecular complexity index is 426. The predicted molar refractivity (Wildman–Crippen MR) is 79.8 cm³/mol. The fraction of sp³-hybridized carbons (Fsp3) is 0.688. The van der Waals surface area contributed by atoms with Crippen LogP contribution in [0.1, 0.15) is 52.0 Å². The third kappa shape index (κ3) is 4.18. The zero-order chi connectivity index (χ0) is 14.6. The van der Waals surface area contributed by atoms with Crippen molar-refractivity contribution in [2.45, 2.75) is 64.2 Å². The molecule has 0 bridgehead atoms. The summed E-state index contributed by atoms with van der Waals surface area (Å²) in [6.45, 7) is 6.88. The molecule has 1 aromatic rings. The van der Waals surface area contributed by atoms with Crippen LogP contribution in [-0.4, -0.2) is 28.8 Å². The van der Waals surface area contributed by atoms with Crippen LogP contribution in [0.2, 0.25) is 0 Å². The fourth-order valence-corrected chi connectivity index (χ4v) is 2.75. The van der Waals surface area contributed by atoms with Crippen molar-refractivity contribution in [3.05, 3.63) is 24.0 Å². The molecular formula is C16H26N2O2. The number of rotatable bonds is 5. The molecule has 0 radical (unpaired) electrons. The van der Waals surface area contributed by atoms with Crippen LogP contribution in [0.15, 0.2) is 18.5 Å². The molecule has 1 saturated heterocycles. The summed E-state index contributed by atoms with van der Waals surface area (Å²) in [6.07, 6.45) is 7.84. The molecule has 2 unspecified atom stereocenters.